The van der Waals surface area contributed by atoms with Crippen LogP contribution in [0, 0.1) is 0 Å². The highest BCUT2D eigenvalue weighted by Gasteiger charge is 2.15. The molecule has 1 aromatic carbocycles. The summed E-state index contributed by atoms with van der Waals surface area (Å²) in [5.74, 6) is -1.01. The SMILES string of the molecule is O=C(CNS(=O)(=O)c1ccccc1)NCC(=O)NNC1=CCCC1. The number of benzene rings is 1. The Balaban J connectivity index is 1.68. The standard InChI is InChI=1S/C15H20N4O4S/c20-14(11-17-24(22,23)13-8-2-1-3-9-13)16-10-15(21)19-18-12-6-4-5-7-12/h1-3,6,8-9,17-18H,4-5,7,10-11H2,(H,16,20)(H,19,21). The number of hydrazine groups is 1. The topological polar surface area (TPSA) is 116 Å². The molecule has 9 heteroatoms. The Hall–Kier alpha value is -2.39. The van der Waals surface area contributed by atoms with Gasteiger partial charge in [0.2, 0.25) is 15.9 Å². The maximum atomic E-state index is 11.9. The van der Waals surface area contributed by atoms with Gasteiger partial charge in [-0.3, -0.25) is 15.0 Å². The fourth-order valence-corrected chi connectivity index (χ4v) is 3.07. The number of hydrogen-bond donors (Lipinski definition) is 4. The fourth-order valence-electron chi connectivity index (χ4n) is 2.06. The third-order valence-corrected chi connectivity index (χ3v) is 4.74. The van der Waals surface area contributed by atoms with E-state index >= 15 is 0 Å². The van der Waals surface area contributed by atoms with E-state index < -0.39 is 28.4 Å². The van der Waals surface area contributed by atoms with Crippen molar-refractivity contribution in [3.05, 3.63) is 42.1 Å². The molecule has 0 saturated carbocycles. The summed E-state index contributed by atoms with van der Waals surface area (Å²) in [5.41, 5.74) is 6.20. The highest BCUT2D eigenvalue weighted by Crippen LogP contribution is 2.13. The van der Waals surface area contributed by atoms with Crippen LogP contribution in [0.2, 0.25) is 0 Å². The van der Waals surface area contributed by atoms with E-state index in [4.69, 9.17) is 0 Å². The van der Waals surface area contributed by atoms with E-state index in [1.54, 1.807) is 18.2 Å². The maximum absolute atomic E-state index is 11.9. The average Bonchev–Trinajstić information content (AvgIpc) is 3.10. The number of amides is 2. The van der Waals surface area contributed by atoms with Gasteiger partial charge >= 0.3 is 0 Å². The summed E-state index contributed by atoms with van der Waals surface area (Å²) in [4.78, 5) is 23.3. The molecule has 0 aromatic heterocycles. The molecule has 1 aliphatic rings. The minimum atomic E-state index is -3.75. The van der Waals surface area contributed by atoms with Crippen LogP contribution in [0.25, 0.3) is 0 Å². The van der Waals surface area contributed by atoms with Crippen molar-refractivity contribution in [2.45, 2.75) is 24.2 Å². The first kappa shape index (κ1) is 18.0. The van der Waals surface area contributed by atoms with Gasteiger partial charge in [-0.25, -0.2) is 13.1 Å². The zero-order chi connectivity index (χ0) is 17.4. The Labute approximate surface area is 140 Å². The molecule has 0 spiro atoms. The molecule has 0 saturated heterocycles. The Morgan fingerprint density at radius 1 is 1.04 bits per heavy atom. The second kappa shape index (κ2) is 8.46. The molecule has 24 heavy (non-hydrogen) atoms. The Morgan fingerprint density at radius 2 is 1.79 bits per heavy atom. The summed E-state index contributed by atoms with van der Waals surface area (Å²) in [6.45, 7) is -0.685. The van der Waals surface area contributed by atoms with Crippen LogP contribution in [0.4, 0.5) is 0 Å². The van der Waals surface area contributed by atoms with Gasteiger partial charge in [-0.05, 0) is 31.4 Å². The smallest absolute Gasteiger partial charge is 0.257 e. The van der Waals surface area contributed by atoms with Gasteiger partial charge in [-0.15, -0.1) is 0 Å². The van der Waals surface area contributed by atoms with Gasteiger partial charge in [0.25, 0.3) is 5.91 Å². The number of sulfonamides is 1. The zero-order valence-electron chi connectivity index (χ0n) is 13.0. The van der Waals surface area contributed by atoms with Crippen LogP contribution >= 0.6 is 0 Å². The summed E-state index contributed by atoms with van der Waals surface area (Å²) < 4.78 is 26.1. The van der Waals surface area contributed by atoms with Crippen molar-refractivity contribution in [3.63, 3.8) is 0 Å². The molecule has 0 bridgehead atoms. The summed E-state index contributed by atoms with van der Waals surface area (Å²) in [6.07, 6.45) is 4.91. The van der Waals surface area contributed by atoms with Crippen LogP contribution in [-0.2, 0) is 19.6 Å². The van der Waals surface area contributed by atoms with E-state index in [1.165, 1.54) is 12.1 Å². The molecule has 0 heterocycles. The van der Waals surface area contributed by atoms with Crippen molar-refractivity contribution < 1.29 is 18.0 Å². The second-order valence-corrected chi connectivity index (χ2v) is 6.98. The molecule has 1 aromatic rings. The minimum absolute atomic E-state index is 0.0737. The van der Waals surface area contributed by atoms with Gasteiger partial charge in [0.05, 0.1) is 18.0 Å². The number of carbonyl (C=O) groups is 2. The number of nitrogens with one attached hydrogen (secondary N) is 4. The van der Waals surface area contributed by atoms with E-state index in [-0.39, 0.29) is 11.4 Å². The van der Waals surface area contributed by atoms with Crippen LogP contribution in [-0.4, -0.2) is 33.3 Å². The van der Waals surface area contributed by atoms with Gasteiger partial charge < -0.3 is 10.7 Å². The molecule has 2 rings (SSSR count). The highest BCUT2D eigenvalue weighted by atomic mass is 32.2. The number of allylic oxidation sites excluding steroid dienone is 2. The van der Waals surface area contributed by atoms with Gasteiger partial charge in [-0.2, -0.15) is 0 Å². The maximum Gasteiger partial charge on any atom is 0.257 e. The van der Waals surface area contributed by atoms with Crippen LogP contribution in [0.15, 0.2) is 47.0 Å². The lowest BCUT2D eigenvalue weighted by molar-refractivity contribution is -0.125. The van der Waals surface area contributed by atoms with E-state index in [0.29, 0.717) is 0 Å². The number of rotatable bonds is 8. The summed E-state index contributed by atoms with van der Waals surface area (Å²) in [6, 6.07) is 7.73. The van der Waals surface area contributed by atoms with E-state index in [9.17, 15) is 18.0 Å². The van der Waals surface area contributed by atoms with Crippen molar-refractivity contribution in [1.29, 1.82) is 0 Å². The molecule has 0 fully saturated rings. The minimum Gasteiger partial charge on any atom is -0.346 e. The van der Waals surface area contributed by atoms with Crippen LogP contribution < -0.4 is 20.9 Å². The van der Waals surface area contributed by atoms with Crippen molar-refractivity contribution in [2.24, 2.45) is 0 Å². The van der Waals surface area contributed by atoms with Crippen molar-refractivity contribution in [1.82, 2.24) is 20.9 Å². The summed E-state index contributed by atoms with van der Waals surface area (Å²) in [5, 5.41) is 2.34. The lowest BCUT2D eigenvalue weighted by Crippen LogP contribution is -2.45. The number of hydrogen-bond acceptors (Lipinski definition) is 5. The Kier molecular flexibility index (Phi) is 6.33. The lowest BCUT2D eigenvalue weighted by atomic mass is 10.3. The van der Waals surface area contributed by atoms with E-state index in [0.717, 1.165) is 25.0 Å². The van der Waals surface area contributed by atoms with E-state index in [2.05, 4.69) is 20.9 Å². The van der Waals surface area contributed by atoms with Gasteiger partial charge in [0, 0.05) is 5.70 Å². The van der Waals surface area contributed by atoms with Crippen molar-refractivity contribution in [3.8, 4) is 0 Å². The average molecular weight is 352 g/mol. The van der Waals surface area contributed by atoms with Gasteiger partial charge in [0.1, 0.15) is 0 Å². The predicted molar refractivity (Wildman–Crippen MR) is 87.9 cm³/mol. The Bertz CT molecular complexity index is 716. The van der Waals surface area contributed by atoms with Crippen molar-refractivity contribution >= 4 is 21.8 Å². The number of carbonyl (C=O) groups excluding carboxylic acids is 2. The fraction of sp³-hybridized carbons (Fsp3) is 0.333. The molecule has 0 unspecified atom stereocenters. The lowest BCUT2D eigenvalue weighted by Gasteiger charge is -2.10. The molecule has 0 radical (unpaired) electrons. The first-order valence-corrected chi connectivity index (χ1v) is 9.01. The van der Waals surface area contributed by atoms with Crippen LogP contribution in [0.3, 0.4) is 0 Å². The van der Waals surface area contributed by atoms with Crippen LogP contribution in [0.5, 0.6) is 0 Å². The summed E-state index contributed by atoms with van der Waals surface area (Å²) in [7, 11) is -3.75. The quantitative estimate of drug-likeness (QED) is 0.482. The molecule has 1 aliphatic carbocycles. The zero-order valence-corrected chi connectivity index (χ0v) is 13.9. The van der Waals surface area contributed by atoms with Gasteiger partial charge in [0.15, 0.2) is 0 Å². The van der Waals surface area contributed by atoms with Gasteiger partial charge in [-0.1, -0.05) is 24.3 Å². The molecule has 4 N–H and O–H groups in total. The van der Waals surface area contributed by atoms with E-state index in [1.807, 2.05) is 6.08 Å². The molecule has 0 aliphatic heterocycles. The first-order chi connectivity index (χ1) is 11.5. The predicted octanol–water partition coefficient (Wildman–Crippen LogP) is -0.230. The molecular formula is C15H20N4O4S. The molecular weight excluding hydrogens is 332 g/mol. The van der Waals surface area contributed by atoms with Crippen LogP contribution in [0.1, 0.15) is 19.3 Å². The molecule has 0 atom stereocenters. The highest BCUT2D eigenvalue weighted by molar-refractivity contribution is 7.89. The summed E-state index contributed by atoms with van der Waals surface area (Å²) >= 11 is 0. The monoisotopic (exact) mass is 352 g/mol. The molecule has 8 nitrogen and oxygen atoms in total. The normalized spacial score (nSPS) is 13.9. The molecule has 2 amide bonds. The third kappa shape index (κ3) is 5.67. The second-order valence-electron chi connectivity index (χ2n) is 5.21. The Morgan fingerprint density at radius 3 is 2.46 bits per heavy atom. The third-order valence-electron chi connectivity index (χ3n) is 3.33. The van der Waals surface area contributed by atoms with Crippen molar-refractivity contribution in [2.75, 3.05) is 13.1 Å². The molecule has 130 valence electrons. The first-order valence-electron chi connectivity index (χ1n) is 7.53. The largest absolute Gasteiger partial charge is 0.346 e.